The lowest BCUT2D eigenvalue weighted by atomic mass is 9.72. The summed E-state index contributed by atoms with van der Waals surface area (Å²) in [5.41, 5.74) is 5.40. The molecule has 1 aliphatic heterocycles. The topological polar surface area (TPSA) is 56.6 Å². The molecule has 1 fully saturated rings. The second-order valence-electron chi connectivity index (χ2n) is 11.2. The fourth-order valence-electron chi connectivity index (χ4n) is 5.36. The number of aliphatic hydroxyl groups excluding tert-OH is 2. The number of thiazole rings is 1. The highest BCUT2D eigenvalue weighted by atomic mass is 32.1. The van der Waals surface area contributed by atoms with E-state index >= 15 is 0 Å². The Morgan fingerprint density at radius 3 is 2.72 bits per heavy atom. The smallest absolute Gasteiger partial charge is 0.0964 e. The Hall–Kier alpha value is -1.27. The predicted octanol–water partition coefficient (Wildman–Crippen LogP) is 5.37. The molecule has 176 valence electrons. The first kappa shape index (κ1) is 23.9. The van der Waals surface area contributed by atoms with Crippen LogP contribution in [0.3, 0.4) is 0 Å². The van der Waals surface area contributed by atoms with Crippen molar-refractivity contribution in [3.63, 3.8) is 0 Å². The molecule has 0 saturated carbocycles. The number of fused-ring (bicyclic) bond motifs is 1. The Balaban J connectivity index is 1.38. The van der Waals surface area contributed by atoms with Gasteiger partial charge in [0.1, 0.15) is 0 Å². The molecule has 1 aromatic heterocycles. The van der Waals surface area contributed by atoms with Gasteiger partial charge in [-0.15, -0.1) is 11.3 Å². The summed E-state index contributed by atoms with van der Waals surface area (Å²) in [6, 6.07) is 6.98. The third-order valence-corrected chi connectivity index (χ3v) is 8.94. The second kappa shape index (κ2) is 9.54. The van der Waals surface area contributed by atoms with Gasteiger partial charge >= 0.3 is 0 Å². The van der Waals surface area contributed by atoms with E-state index in [4.69, 9.17) is 4.98 Å². The van der Waals surface area contributed by atoms with Crippen LogP contribution in [0.4, 0.5) is 0 Å². The van der Waals surface area contributed by atoms with E-state index < -0.39 is 6.10 Å². The van der Waals surface area contributed by atoms with Gasteiger partial charge in [0.25, 0.3) is 0 Å². The molecule has 2 heterocycles. The van der Waals surface area contributed by atoms with Gasteiger partial charge in [-0.3, -0.25) is 0 Å². The van der Waals surface area contributed by atoms with Crippen LogP contribution in [0.1, 0.15) is 81.9 Å². The SMILES string of the molecule is CC1(C)CCCc2ccc(-c3csc(C4CCN(CC(O)C(C)(C)CCO)CC4)n3)cc21. The molecule has 1 aliphatic carbocycles. The molecule has 1 saturated heterocycles. The molecule has 0 bridgehead atoms. The molecule has 0 radical (unpaired) electrons. The van der Waals surface area contributed by atoms with Gasteiger partial charge in [0, 0.05) is 30.0 Å². The number of rotatable bonds is 7. The molecule has 2 aliphatic rings. The Bertz CT molecular complexity index is 912. The monoisotopic (exact) mass is 456 g/mol. The summed E-state index contributed by atoms with van der Waals surface area (Å²) in [6.45, 7) is 11.6. The molecule has 4 nitrogen and oxygen atoms in total. The number of aliphatic hydroxyl groups is 2. The molecule has 5 heteroatoms. The first-order chi connectivity index (χ1) is 15.2. The van der Waals surface area contributed by atoms with Crippen molar-refractivity contribution in [3.05, 3.63) is 39.7 Å². The lowest BCUT2D eigenvalue weighted by molar-refractivity contribution is 0.0000724. The average molecular weight is 457 g/mol. The molecule has 2 aromatic rings. The standard InChI is InChI=1S/C27H40N2O2S/c1-26(2)11-5-6-19-7-8-21(16-22(19)26)23-18-32-25(28-23)20-9-13-29(14-10-20)17-24(31)27(3,4)12-15-30/h7-8,16,18,20,24,30-31H,5-6,9-15,17H2,1-4H3. The molecule has 0 spiro atoms. The van der Waals surface area contributed by atoms with Gasteiger partial charge < -0.3 is 15.1 Å². The highest BCUT2D eigenvalue weighted by Gasteiger charge is 2.31. The van der Waals surface area contributed by atoms with Crippen molar-refractivity contribution in [2.24, 2.45) is 5.41 Å². The van der Waals surface area contributed by atoms with Crippen LogP contribution in [0.15, 0.2) is 23.6 Å². The predicted molar refractivity (Wildman–Crippen MR) is 133 cm³/mol. The molecule has 1 aromatic carbocycles. The first-order valence-electron chi connectivity index (χ1n) is 12.3. The third-order valence-electron chi connectivity index (χ3n) is 7.93. The van der Waals surface area contributed by atoms with Crippen molar-refractivity contribution >= 4 is 11.3 Å². The summed E-state index contributed by atoms with van der Waals surface area (Å²) in [5, 5.41) is 23.4. The van der Waals surface area contributed by atoms with E-state index in [1.54, 1.807) is 0 Å². The fraction of sp³-hybridized carbons (Fsp3) is 0.667. The van der Waals surface area contributed by atoms with Crippen LogP contribution in [0, 0.1) is 5.41 Å². The minimum atomic E-state index is -0.411. The lowest BCUT2D eigenvalue weighted by Gasteiger charge is -2.37. The van der Waals surface area contributed by atoms with Gasteiger partial charge in [0.05, 0.1) is 16.8 Å². The van der Waals surface area contributed by atoms with E-state index in [1.807, 2.05) is 25.2 Å². The molecular formula is C27H40N2O2S. The van der Waals surface area contributed by atoms with E-state index in [9.17, 15) is 10.2 Å². The van der Waals surface area contributed by atoms with Crippen molar-refractivity contribution in [2.75, 3.05) is 26.2 Å². The number of hydrogen-bond acceptors (Lipinski definition) is 5. The number of likely N-dealkylation sites (tertiary alicyclic amines) is 1. The number of nitrogens with zero attached hydrogens (tertiary/aromatic N) is 2. The average Bonchev–Trinajstić information content (AvgIpc) is 3.24. The summed E-state index contributed by atoms with van der Waals surface area (Å²) in [5.74, 6) is 0.515. The van der Waals surface area contributed by atoms with Crippen LogP contribution in [0.5, 0.6) is 0 Å². The van der Waals surface area contributed by atoms with E-state index in [1.165, 1.54) is 41.0 Å². The summed E-state index contributed by atoms with van der Waals surface area (Å²) >= 11 is 1.81. The van der Waals surface area contributed by atoms with Gasteiger partial charge in [-0.1, -0.05) is 39.8 Å². The number of β-amino-alcohol motifs (C(OH)–C–C–N with tert-alkyl or cyclic N) is 1. The summed E-state index contributed by atoms with van der Waals surface area (Å²) in [6.07, 6.45) is 6.16. The van der Waals surface area contributed by atoms with Crippen LogP contribution >= 0.6 is 11.3 Å². The van der Waals surface area contributed by atoms with Gasteiger partial charge in [-0.05, 0) is 79.6 Å². The molecule has 1 atom stereocenters. The van der Waals surface area contributed by atoms with E-state index in [2.05, 4.69) is 42.3 Å². The van der Waals surface area contributed by atoms with Crippen LogP contribution in [0.25, 0.3) is 11.3 Å². The maximum Gasteiger partial charge on any atom is 0.0964 e. The Kier molecular flexibility index (Phi) is 7.11. The van der Waals surface area contributed by atoms with Crippen molar-refractivity contribution in [1.82, 2.24) is 9.88 Å². The van der Waals surface area contributed by atoms with Crippen molar-refractivity contribution in [1.29, 1.82) is 0 Å². The molecule has 1 unspecified atom stereocenters. The number of hydrogen-bond donors (Lipinski definition) is 2. The van der Waals surface area contributed by atoms with Crippen LogP contribution < -0.4 is 0 Å². The minimum Gasteiger partial charge on any atom is -0.396 e. The van der Waals surface area contributed by atoms with Crippen LogP contribution in [0.2, 0.25) is 0 Å². The normalized spacial score (nSPS) is 20.8. The molecule has 2 N–H and O–H groups in total. The zero-order valence-electron chi connectivity index (χ0n) is 20.2. The zero-order valence-corrected chi connectivity index (χ0v) is 21.0. The van der Waals surface area contributed by atoms with Crippen molar-refractivity contribution in [3.8, 4) is 11.3 Å². The molecule has 4 rings (SSSR count). The summed E-state index contributed by atoms with van der Waals surface area (Å²) in [7, 11) is 0. The third kappa shape index (κ3) is 5.11. The summed E-state index contributed by atoms with van der Waals surface area (Å²) in [4.78, 5) is 7.45. The highest BCUT2D eigenvalue weighted by molar-refractivity contribution is 7.10. The minimum absolute atomic E-state index is 0.125. The maximum absolute atomic E-state index is 10.6. The van der Waals surface area contributed by atoms with Crippen LogP contribution in [-0.2, 0) is 11.8 Å². The van der Waals surface area contributed by atoms with Gasteiger partial charge in [-0.2, -0.15) is 0 Å². The van der Waals surface area contributed by atoms with E-state index in [0.717, 1.165) is 31.6 Å². The van der Waals surface area contributed by atoms with Gasteiger partial charge in [0.2, 0.25) is 0 Å². The van der Waals surface area contributed by atoms with Crippen LogP contribution in [-0.4, -0.2) is 52.4 Å². The Morgan fingerprint density at radius 2 is 2.00 bits per heavy atom. The fourth-order valence-corrected chi connectivity index (χ4v) is 6.36. The number of benzene rings is 1. The van der Waals surface area contributed by atoms with Gasteiger partial charge in [-0.25, -0.2) is 4.98 Å². The lowest BCUT2D eigenvalue weighted by Crippen LogP contribution is -2.44. The van der Waals surface area contributed by atoms with E-state index in [-0.39, 0.29) is 17.4 Å². The van der Waals surface area contributed by atoms with Crippen molar-refractivity contribution in [2.45, 2.75) is 83.7 Å². The summed E-state index contributed by atoms with van der Waals surface area (Å²) < 4.78 is 0. The zero-order chi connectivity index (χ0) is 22.9. The largest absolute Gasteiger partial charge is 0.396 e. The van der Waals surface area contributed by atoms with Crippen molar-refractivity contribution < 1.29 is 10.2 Å². The number of piperidine rings is 1. The second-order valence-corrected chi connectivity index (χ2v) is 12.1. The maximum atomic E-state index is 10.6. The first-order valence-corrected chi connectivity index (χ1v) is 13.2. The highest BCUT2D eigenvalue weighted by Crippen LogP contribution is 2.40. The van der Waals surface area contributed by atoms with E-state index in [0.29, 0.717) is 18.9 Å². The Labute approximate surface area is 197 Å². The Morgan fingerprint density at radius 1 is 1.25 bits per heavy atom. The number of aryl methyl sites for hydroxylation is 1. The molecule has 0 amide bonds. The number of aromatic nitrogens is 1. The van der Waals surface area contributed by atoms with Gasteiger partial charge in [0.15, 0.2) is 0 Å². The molecular weight excluding hydrogens is 416 g/mol. The quantitative estimate of drug-likeness (QED) is 0.588. The molecule has 32 heavy (non-hydrogen) atoms.